The minimum absolute atomic E-state index is 0.0785. The van der Waals surface area contributed by atoms with Gasteiger partial charge in [-0.25, -0.2) is 0 Å². The van der Waals surface area contributed by atoms with Gasteiger partial charge in [0.2, 0.25) is 17.9 Å². The summed E-state index contributed by atoms with van der Waals surface area (Å²) < 4.78 is 21.0. The lowest BCUT2D eigenvalue weighted by Gasteiger charge is -2.21. The fraction of sp³-hybridized carbons (Fsp3) is 0.360. The topological polar surface area (TPSA) is 96.8 Å². The highest BCUT2D eigenvalue weighted by molar-refractivity contribution is 6.15. The van der Waals surface area contributed by atoms with Gasteiger partial charge in [0, 0.05) is 33.2 Å². The number of rotatable bonds is 7. The van der Waals surface area contributed by atoms with E-state index >= 15 is 0 Å². The molecule has 1 unspecified atom stereocenters. The predicted molar refractivity (Wildman–Crippen MR) is 119 cm³/mol. The van der Waals surface area contributed by atoms with Gasteiger partial charge >= 0.3 is 0 Å². The second-order valence-electron chi connectivity index (χ2n) is 6.94. The number of carbonyl (C=O) groups is 2. The standard InChI is InChI=1S/C25H24N2O6/c1-30-22(31-2)13-12-21(29)19-9-6-15-27-25(19)24-18(8-5-14-26-24)20(28)10-7-17-33-23-11-3-4-16-32-23/h5-6,8-9,14-15,22-23H,3-4,11,16-17H2,1-2H3. The Bertz CT molecular complexity index is 1100. The van der Waals surface area contributed by atoms with Crippen LogP contribution in [0, 0.1) is 23.7 Å². The lowest BCUT2D eigenvalue weighted by molar-refractivity contribution is -0.154. The Morgan fingerprint density at radius 2 is 1.67 bits per heavy atom. The van der Waals surface area contributed by atoms with Gasteiger partial charge in [0.15, 0.2) is 6.29 Å². The summed E-state index contributed by atoms with van der Waals surface area (Å²) in [5.41, 5.74) is 0.913. The maximum Gasteiger partial charge on any atom is 0.238 e. The molecule has 1 aliphatic heterocycles. The first-order valence-corrected chi connectivity index (χ1v) is 10.4. The second kappa shape index (κ2) is 12.6. The maximum absolute atomic E-state index is 12.8. The minimum atomic E-state index is -0.836. The van der Waals surface area contributed by atoms with E-state index in [-0.39, 0.29) is 35.4 Å². The van der Waals surface area contributed by atoms with Crippen LogP contribution in [-0.2, 0) is 18.9 Å². The first-order valence-electron chi connectivity index (χ1n) is 10.4. The first kappa shape index (κ1) is 24.2. The van der Waals surface area contributed by atoms with Crippen molar-refractivity contribution in [1.29, 1.82) is 0 Å². The van der Waals surface area contributed by atoms with Crippen molar-refractivity contribution in [2.24, 2.45) is 0 Å². The number of methoxy groups -OCH3 is 2. The second-order valence-corrected chi connectivity index (χ2v) is 6.94. The average Bonchev–Trinajstić information content (AvgIpc) is 2.87. The molecule has 0 aromatic carbocycles. The highest BCUT2D eigenvalue weighted by atomic mass is 16.7. The summed E-state index contributed by atoms with van der Waals surface area (Å²) in [6.45, 7) is 0.748. The summed E-state index contributed by atoms with van der Waals surface area (Å²) in [7, 11) is 2.84. The van der Waals surface area contributed by atoms with Crippen molar-refractivity contribution >= 4 is 11.6 Å². The Kier molecular flexibility index (Phi) is 9.25. The molecule has 0 N–H and O–H groups in total. The number of ketones is 2. The Balaban J connectivity index is 1.81. The number of hydrogen-bond acceptors (Lipinski definition) is 8. The van der Waals surface area contributed by atoms with Crippen LogP contribution < -0.4 is 0 Å². The normalized spacial score (nSPS) is 15.2. The molecule has 0 saturated carbocycles. The quantitative estimate of drug-likeness (QED) is 0.276. The monoisotopic (exact) mass is 448 g/mol. The lowest BCUT2D eigenvalue weighted by Crippen LogP contribution is -2.22. The van der Waals surface area contributed by atoms with E-state index < -0.39 is 17.9 Å². The summed E-state index contributed by atoms with van der Waals surface area (Å²) in [6, 6.07) is 6.39. The van der Waals surface area contributed by atoms with Crippen LogP contribution in [0.5, 0.6) is 0 Å². The van der Waals surface area contributed by atoms with Crippen LogP contribution in [0.25, 0.3) is 11.4 Å². The summed E-state index contributed by atoms with van der Waals surface area (Å²) in [4.78, 5) is 34.1. The van der Waals surface area contributed by atoms with Gasteiger partial charge in [0.1, 0.15) is 18.0 Å². The van der Waals surface area contributed by atoms with Gasteiger partial charge in [-0.3, -0.25) is 19.6 Å². The number of aromatic nitrogens is 2. The van der Waals surface area contributed by atoms with Gasteiger partial charge in [-0.05, 0) is 61.3 Å². The molecule has 1 atom stereocenters. The van der Waals surface area contributed by atoms with Gasteiger partial charge in [0.25, 0.3) is 0 Å². The Hall–Kier alpha value is -3.40. The third kappa shape index (κ3) is 6.79. The van der Waals surface area contributed by atoms with E-state index in [1.54, 1.807) is 24.3 Å². The average molecular weight is 448 g/mol. The summed E-state index contributed by atoms with van der Waals surface area (Å²) in [6.07, 6.45) is 4.80. The smallest absolute Gasteiger partial charge is 0.238 e. The number of nitrogens with zero attached hydrogens (tertiary/aromatic N) is 2. The number of Topliss-reactive ketones (excluding diaryl/α,β-unsaturated/α-hetero) is 2. The van der Waals surface area contributed by atoms with E-state index in [0.717, 1.165) is 19.3 Å². The predicted octanol–water partition coefficient (Wildman–Crippen LogP) is 2.68. The fourth-order valence-corrected chi connectivity index (χ4v) is 3.12. The van der Waals surface area contributed by atoms with Gasteiger partial charge in [-0.15, -0.1) is 0 Å². The van der Waals surface area contributed by atoms with Crippen molar-refractivity contribution in [2.45, 2.75) is 31.8 Å². The molecule has 3 heterocycles. The summed E-state index contributed by atoms with van der Waals surface area (Å²) in [5.74, 6) is 9.40. The third-order valence-electron chi connectivity index (χ3n) is 4.74. The van der Waals surface area contributed by atoms with Crippen LogP contribution in [0.15, 0.2) is 36.7 Å². The zero-order valence-electron chi connectivity index (χ0n) is 18.5. The van der Waals surface area contributed by atoms with E-state index in [9.17, 15) is 9.59 Å². The molecule has 2 aromatic rings. The molecule has 0 amide bonds. The van der Waals surface area contributed by atoms with Crippen LogP contribution in [0.3, 0.4) is 0 Å². The van der Waals surface area contributed by atoms with Crippen LogP contribution in [0.4, 0.5) is 0 Å². The maximum atomic E-state index is 12.8. The van der Waals surface area contributed by atoms with Gasteiger partial charge < -0.3 is 18.9 Å². The fourth-order valence-electron chi connectivity index (χ4n) is 3.12. The van der Waals surface area contributed by atoms with Gasteiger partial charge in [-0.1, -0.05) is 5.92 Å². The van der Waals surface area contributed by atoms with E-state index in [0.29, 0.717) is 6.61 Å². The SMILES string of the molecule is COC(C#CC(=O)c1cccnc1-c1ncccc1C(=O)C#CCOC1CCCCO1)OC. The Labute approximate surface area is 192 Å². The largest absolute Gasteiger partial charge is 0.353 e. The van der Waals surface area contributed by atoms with Gasteiger partial charge in [-0.2, -0.15) is 0 Å². The third-order valence-corrected chi connectivity index (χ3v) is 4.74. The molecule has 3 rings (SSSR count). The van der Waals surface area contributed by atoms with E-state index in [4.69, 9.17) is 18.9 Å². The van der Waals surface area contributed by atoms with E-state index in [1.165, 1.54) is 26.6 Å². The van der Waals surface area contributed by atoms with E-state index in [1.807, 2.05) is 0 Å². The molecule has 8 heteroatoms. The van der Waals surface area contributed by atoms with Gasteiger partial charge in [0.05, 0.1) is 11.1 Å². The van der Waals surface area contributed by atoms with Crippen molar-refractivity contribution in [1.82, 2.24) is 9.97 Å². The Morgan fingerprint density at radius 3 is 2.24 bits per heavy atom. The molecule has 2 aromatic heterocycles. The molecule has 1 fully saturated rings. The zero-order valence-corrected chi connectivity index (χ0v) is 18.5. The summed E-state index contributed by atoms with van der Waals surface area (Å²) in [5, 5.41) is 0. The van der Waals surface area contributed by atoms with E-state index in [2.05, 4.69) is 33.6 Å². The van der Waals surface area contributed by atoms with Crippen LogP contribution in [0.2, 0.25) is 0 Å². The van der Waals surface area contributed by atoms with Crippen molar-refractivity contribution in [3.8, 4) is 35.1 Å². The lowest BCUT2D eigenvalue weighted by atomic mass is 10.0. The van der Waals surface area contributed by atoms with Crippen LogP contribution >= 0.6 is 0 Å². The number of hydrogen-bond donors (Lipinski definition) is 0. The molecule has 170 valence electrons. The molecule has 0 radical (unpaired) electrons. The Morgan fingerprint density at radius 1 is 1.03 bits per heavy atom. The van der Waals surface area contributed by atoms with Crippen molar-refractivity contribution in [3.63, 3.8) is 0 Å². The molecule has 0 bridgehead atoms. The molecular formula is C25H24N2O6. The number of ether oxygens (including phenoxy) is 4. The molecule has 0 spiro atoms. The van der Waals surface area contributed by atoms with Crippen molar-refractivity contribution in [2.75, 3.05) is 27.4 Å². The van der Waals surface area contributed by atoms with Crippen LogP contribution in [-0.4, -0.2) is 61.5 Å². The highest BCUT2D eigenvalue weighted by Crippen LogP contribution is 2.23. The van der Waals surface area contributed by atoms with Crippen LogP contribution in [0.1, 0.15) is 40.0 Å². The number of pyridine rings is 2. The minimum Gasteiger partial charge on any atom is -0.353 e. The van der Waals surface area contributed by atoms with Crippen molar-refractivity contribution in [3.05, 3.63) is 47.8 Å². The highest BCUT2D eigenvalue weighted by Gasteiger charge is 2.19. The van der Waals surface area contributed by atoms with Crippen molar-refractivity contribution < 1.29 is 28.5 Å². The molecule has 1 saturated heterocycles. The zero-order chi connectivity index (χ0) is 23.5. The molecular weight excluding hydrogens is 424 g/mol. The molecule has 8 nitrogen and oxygen atoms in total. The number of carbonyl (C=O) groups excluding carboxylic acids is 2. The molecule has 33 heavy (non-hydrogen) atoms. The molecule has 0 aliphatic carbocycles. The first-order chi connectivity index (χ1) is 16.1. The molecule has 1 aliphatic rings. The summed E-state index contributed by atoms with van der Waals surface area (Å²) >= 11 is 0.